The first-order valence-electron chi connectivity index (χ1n) is 21.6. The van der Waals surface area contributed by atoms with Crippen LogP contribution in [0.15, 0.2) is 218 Å². The van der Waals surface area contributed by atoms with Crippen LogP contribution >= 0.6 is 11.3 Å². The quantitative estimate of drug-likeness (QED) is 0.118. The summed E-state index contributed by atoms with van der Waals surface area (Å²) in [5.74, 6) is 0. The predicted molar refractivity (Wildman–Crippen MR) is 252 cm³/mol. The summed E-state index contributed by atoms with van der Waals surface area (Å²) in [7, 11) is -2.86. The molecule has 0 atom stereocenters. The molecule has 0 aliphatic rings. The SMILES string of the molecule is [2H]c1c([2H])c([2H])c2c(c1[2H])c1ccccc1n2-c1cc2c3ccccc3n(-c3cccc([Si](c4ccccc4)(c4ccccc4)c4ccccc4)c3)c2c2c1sc1ccccc12. The first kappa shape index (κ1) is 29.3. The first-order chi connectivity index (χ1) is 30.5. The molecule has 0 fully saturated rings. The van der Waals surface area contributed by atoms with Gasteiger partial charge in [-0.15, -0.1) is 11.3 Å². The van der Waals surface area contributed by atoms with E-state index in [0.29, 0.717) is 10.9 Å². The molecule has 9 aromatic carbocycles. The Hall–Kier alpha value is -6.98. The van der Waals surface area contributed by atoms with Crippen molar-refractivity contribution in [1.82, 2.24) is 9.13 Å². The normalized spacial score (nSPS) is 13.1. The van der Waals surface area contributed by atoms with Crippen molar-refractivity contribution in [3.63, 3.8) is 0 Å². The van der Waals surface area contributed by atoms with Crippen LogP contribution in [-0.2, 0) is 0 Å². The maximum absolute atomic E-state index is 9.32. The minimum Gasteiger partial charge on any atom is -0.309 e. The summed E-state index contributed by atoms with van der Waals surface area (Å²) in [6, 6.07) is 69.2. The Kier molecular flexibility index (Phi) is 6.58. The average molecular weight is 777 g/mol. The highest BCUT2D eigenvalue weighted by atomic mass is 32.1. The Morgan fingerprint density at radius 1 is 0.414 bits per heavy atom. The van der Waals surface area contributed by atoms with Gasteiger partial charge in [-0.05, 0) is 63.2 Å². The molecule has 2 nitrogen and oxygen atoms in total. The van der Waals surface area contributed by atoms with Crippen LogP contribution in [0.25, 0.3) is 75.2 Å². The van der Waals surface area contributed by atoms with Crippen molar-refractivity contribution in [1.29, 1.82) is 0 Å². The molecule has 0 bridgehead atoms. The van der Waals surface area contributed by atoms with E-state index in [2.05, 4.69) is 179 Å². The Balaban J connectivity index is 1.23. The summed E-state index contributed by atoms with van der Waals surface area (Å²) >= 11 is 1.73. The number of benzene rings is 9. The van der Waals surface area contributed by atoms with Crippen molar-refractivity contribution in [3.8, 4) is 11.4 Å². The zero-order valence-electron chi connectivity index (χ0n) is 35.3. The largest absolute Gasteiger partial charge is 0.309 e. The standard InChI is InChI=1S/C54H36N2SSi/c1-4-20-38(21-5-1)58(39-22-6-2-7-23-39,40-24-8-3-9-25-40)41-26-18-19-37(35-41)55-47-31-14-12-29-44(47)46-36-50(54-52(53(46)55)45-30-13-17-34-51(45)57-54)56-48-32-15-10-27-42(48)43-28-11-16-33-49(43)56/h1-36H/i10D,15D,27D,32D. The van der Waals surface area contributed by atoms with E-state index < -0.39 is 8.07 Å². The highest BCUT2D eigenvalue weighted by Crippen LogP contribution is 2.47. The van der Waals surface area contributed by atoms with Gasteiger partial charge < -0.3 is 9.13 Å². The van der Waals surface area contributed by atoms with Gasteiger partial charge in [-0.1, -0.05) is 176 Å². The molecular weight excluding hydrogens is 737 g/mol. The lowest BCUT2D eigenvalue weighted by Crippen LogP contribution is -2.74. The molecule has 0 N–H and O–H groups in total. The molecule has 0 aliphatic heterocycles. The van der Waals surface area contributed by atoms with Gasteiger partial charge in [-0.3, -0.25) is 0 Å². The van der Waals surface area contributed by atoms with Gasteiger partial charge in [0.2, 0.25) is 0 Å². The fraction of sp³-hybridized carbons (Fsp3) is 0. The van der Waals surface area contributed by atoms with Crippen molar-refractivity contribution < 1.29 is 5.48 Å². The molecule has 58 heavy (non-hydrogen) atoms. The topological polar surface area (TPSA) is 9.86 Å². The third kappa shape index (κ3) is 4.70. The van der Waals surface area contributed by atoms with Gasteiger partial charge in [0.1, 0.15) is 0 Å². The lowest BCUT2D eigenvalue weighted by atomic mass is 10.1. The first-order valence-corrected chi connectivity index (χ1v) is 22.4. The van der Waals surface area contributed by atoms with Crippen LogP contribution in [-0.4, -0.2) is 17.2 Å². The summed E-state index contributed by atoms with van der Waals surface area (Å²) in [6.07, 6.45) is 0. The number of aromatic nitrogens is 2. The van der Waals surface area contributed by atoms with E-state index in [0.717, 1.165) is 64.3 Å². The summed E-state index contributed by atoms with van der Waals surface area (Å²) in [4.78, 5) is 0. The Morgan fingerprint density at radius 3 is 1.62 bits per heavy atom. The number of fused-ring (bicyclic) bond motifs is 10. The molecule has 0 saturated heterocycles. The van der Waals surface area contributed by atoms with E-state index in [1.807, 2.05) is 24.3 Å². The minimum atomic E-state index is -2.86. The van der Waals surface area contributed by atoms with Crippen molar-refractivity contribution >= 4 is 104 Å². The van der Waals surface area contributed by atoms with Crippen molar-refractivity contribution in [3.05, 3.63) is 218 Å². The number of nitrogens with zero attached hydrogens (tertiary/aromatic N) is 2. The second kappa shape index (κ2) is 13.0. The Bertz CT molecular complexity index is 3650. The third-order valence-corrected chi connectivity index (χ3v) is 17.9. The number of thiophene rings is 1. The Labute approximate surface area is 346 Å². The summed E-state index contributed by atoms with van der Waals surface area (Å²) < 4.78 is 42.6. The van der Waals surface area contributed by atoms with Gasteiger partial charge in [-0.25, -0.2) is 0 Å². The fourth-order valence-corrected chi connectivity index (χ4v) is 15.6. The van der Waals surface area contributed by atoms with Crippen LogP contribution in [0.1, 0.15) is 5.48 Å². The maximum atomic E-state index is 9.32. The molecule has 0 aliphatic carbocycles. The summed E-state index contributed by atoms with van der Waals surface area (Å²) in [6.45, 7) is 0. The van der Waals surface area contributed by atoms with E-state index in [-0.39, 0.29) is 24.2 Å². The molecule has 4 heteroatoms. The second-order valence-electron chi connectivity index (χ2n) is 14.9. The summed E-state index contributed by atoms with van der Waals surface area (Å²) in [5.41, 5.74) is 5.48. The molecule has 0 amide bonds. The fourth-order valence-electron chi connectivity index (χ4n) is 9.62. The molecule has 0 spiro atoms. The van der Waals surface area contributed by atoms with Crippen molar-refractivity contribution in [2.75, 3.05) is 0 Å². The molecule has 272 valence electrons. The lowest BCUT2D eigenvalue weighted by molar-refractivity contribution is 1.18. The second-order valence-corrected chi connectivity index (χ2v) is 19.8. The van der Waals surface area contributed by atoms with Crippen LogP contribution in [0.3, 0.4) is 0 Å². The van der Waals surface area contributed by atoms with Crippen LogP contribution in [0.5, 0.6) is 0 Å². The van der Waals surface area contributed by atoms with Gasteiger partial charge in [0.15, 0.2) is 8.07 Å². The molecule has 3 aromatic heterocycles. The smallest absolute Gasteiger partial charge is 0.179 e. The van der Waals surface area contributed by atoms with Gasteiger partial charge in [0.25, 0.3) is 0 Å². The van der Waals surface area contributed by atoms with Crippen molar-refractivity contribution in [2.24, 2.45) is 0 Å². The number of rotatable bonds is 6. The highest BCUT2D eigenvalue weighted by molar-refractivity contribution is 7.26. The van der Waals surface area contributed by atoms with E-state index in [1.54, 1.807) is 11.3 Å². The molecule has 0 saturated carbocycles. The van der Waals surface area contributed by atoms with Crippen molar-refractivity contribution in [2.45, 2.75) is 0 Å². The lowest BCUT2D eigenvalue weighted by Gasteiger charge is -2.34. The number of para-hydroxylation sites is 3. The molecule has 0 unspecified atom stereocenters. The molecule has 0 radical (unpaired) electrons. The minimum absolute atomic E-state index is 0.0257. The third-order valence-electron chi connectivity index (χ3n) is 12.0. The molecular formula is C54H36N2SSi. The van der Waals surface area contributed by atoms with Crippen LogP contribution in [0.2, 0.25) is 0 Å². The number of hydrogen-bond acceptors (Lipinski definition) is 1. The predicted octanol–water partition coefficient (Wildman–Crippen LogP) is 11.6. The zero-order chi connectivity index (χ0) is 41.7. The zero-order valence-corrected chi connectivity index (χ0v) is 33.1. The van der Waals surface area contributed by atoms with E-state index in [9.17, 15) is 1.37 Å². The number of hydrogen-bond donors (Lipinski definition) is 0. The van der Waals surface area contributed by atoms with E-state index in [4.69, 9.17) is 4.11 Å². The van der Waals surface area contributed by atoms with Gasteiger partial charge >= 0.3 is 0 Å². The van der Waals surface area contributed by atoms with Gasteiger partial charge in [0, 0.05) is 42.7 Å². The van der Waals surface area contributed by atoms with E-state index >= 15 is 0 Å². The van der Waals surface area contributed by atoms with Gasteiger partial charge in [-0.2, -0.15) is 0 Å². The van der Waals surface area contributed by atoms with Crippen LogP contribution in [0.4, 0.5) is 0 Å². The molecule has 3 heterocycles. The maximum Gasteiger partial charge on any atom is 0.179 e. The molecule has 12 aromatic rings. The van der Waals surface area contributed by atoms with Gasteiger partial charge in [0.05, 0.1) is 37.9 Å². The van der Waals surface area contributed by atoms with Crippen LogP contribution in [0, 0.1) is 0 Å². The monoisotopic (exact) mass is 776 g/mol. The Morgan fingerprint density at radius 2 is 0.948 bits per heavy atom. The average Bonchev–Trinajstić information content (AvgIpc) is 4.00. The van der Waals surface area contributed by atoms with Crippen LogP contribution < -0.4 is 20.7 Å². The molecule has 12 rings (SSSR count). The summed E-state index contributed by atoms with van der Waals surface area (Å²) in [5, 5.41) is 11.0. The van der Waals surface area contributed by atoms with E-state index in [1.165, 1.54) is 20.7 Å². The highest BCUT2D eigenvalue weighted by Gasteiger charge is 2.41.